The van der Waals surface area contributed by atoms with Crippen LogP contribution >= 0.6 is 0 Å². The predicted octanol–water partition coefficient (Wildman–Crippen LogP) is 6.94. The molecule has 0 bridgehead atoms. The molecule has 0 atom stereocenters. The summed E-state index contributed by atoms with van der Waals surface area (Å²) in [7, 11) is 0. The van der Waals surface area contributed by atoms with E-state index in [4.69, 9.17) is 9.98 Å². The highest BCUT2D eigenvalue weighted by Crippen LogP contribution is 2.30. The number of amidine groups is 2. The Morgan fingerprint density at radius 2 is 1.16 bits per heavy atom. The van der Waals surface area contributed by atoms with Crippen molar-refractivity contribution in [3.8, 4) is 0 Å². The van der Waals surface area contributed by atoms with Crippen LogP contribution in [0.25, 0.3) is 21.5 Å². The van der Waals surface area contributed by atoms with E-state index in [1.807, 2.05) is 30.3 Å². The van der Waals surface area contributed by atoms with Gasteiger partial charge in [0.1, 0.15) is 5.84 Å². The molecule has 0 amide bonds. The first-order chi connectivity index (χ1) is 15.4. The van der Waals surface area contributed by atoms with Crippen LogP contribution in [0.3, 0.4) is 0 Å². The molecule has 3 heteroatoms. The zero-order chi connectivity index (χ0) is 20.6. The Labute approximate surface area is 180 Å². The van der Waals surface area contributed by atoms with Gasteiger partial charge in [-0.25, -0.2) is 9.98 Å². The largest absolute Gasteiger partial charge is 0.339 e. The highest BCUT2D eigenvalue weighted by Gasteiger charge is 2.22. The number of rotatable bonds is 2. The van der Waals surface area contributed by atoms with Gasteiger partial charge in [-0.2, -0.15) is 0 Å². The summed E-state index contributed by atoms with van der Waals surface area (Å²) in [6.45, 7) is 0. The van der Waals surface area contributed by atoms with E-state index in [9.17, 15) is 0 Å². The van der Waals surface area contributed by atoms with Crippen LogP contribution in [0.4, 0.5) is 11.4 Å². The Bertz CT molecular complexity index is 1500. The molecule has 6 rings (SSSR count). The van der Waals surface area contributed by atoms with Crippen molar-refractivity contribution < 1.29 is 0 Å². The molecule has 146 valence electrons. The zero-order valence-corrected chi connectivity index (χ0v) is 16.8. The van der Waals surface area contributed by atoms with Gasteiger partial charge in [-0.15, -0.1) is 0 Å². The van der Waals surface area contributed by atoms with Crippen molar-refractivity contribution in [2.24, 2.45) is 9.98 Å². The summed E-state index contributed by atoms with van der Waals surface area (Å²) in [5.74, 6) is 1.56. The maximum atomic E-state index is 4.97. The van der Waals surface area contributed by atoms with Gasteiger partial charge < -0.3 is 5.32 Å². The lowest BCUT2D eigenvalue weighted by Gasteiger charge is -2.10. The summed E-state index contributed by atoms with van der Waals surface area (Å²) in [4.78, 5) is 9.89. The van der Waals surface area contributed by atoms with Gasteiger partial charge in [-0.3, -0.25) is 0 Å². The zero-order valence-electron chi connectivity index (χ0n) is 16.8. The summed E-state index contributed by atoms with van der Waals surface area (Å²) in [6, 6.07) is 37.4. The summed E-state index contributed by atoms with van der Waals surface area (Å²) in [5, 5.41) is 8.23. The molecule has 0 saturated heterocycles. The fourth-order valence-corrected chi connectivity index (χ4v) is 4.17. The lowest BCUT2D eigenvalue weighted by atomic mass is 10.1. The molecule has 0 radical (unpaired) electrons. The monoisotopic (exact) mass is 397 g/mol. The second kappa shape index (κ2) is 7.22. The second-order valence-corrected chi connectivity index (χ2v) is 7.59. The Balaban J connectivity index is 1.48. The first-order valence-corrected chi connectivity index (χ1v) is 10.4. The quantitative estimate of drug-likeness (QED) is 0.344. The van der Waals surface area contributed by atoms with Crippen LogP contribution in [0.2, 0.25) is 0 Å². The van der Waals surface area contributed by atoms with Crippen LogP contribution in [-0.2, 0) is 0 Å². The molecule has 0 saturated carbocycles. The van der Waals surface area contributed by atoms with Gasteiger partial charge in [0.05, 0.1) is 5.69 Å². The molecule has 5 aromatic carbocycles. The number of benzene rings is 5. The lowest BCUT2D eigenvalue weighted by Crippen LogP contribution is -2.11. The van der Waals surface area contributed by atoms with Crippen LogP contribution in [0.5, 0.6) is 0 Å². The van der Waals surface area contributed by atoms with E-state index >= 15 is 0 Å². The first-order valence-electron chi connectivity index (χ1n) is 10.4. The number of aliphatic imine (C=N–C) groups is 2. The van der Waals surface area contributed by atoms with Crippen molar-refractivity contribution >= 4 is 44.6 Å². The van der Waals surface area contributed by atoms with Crippen LogP contribution in [0.15, 0.2) is 119 Å². The minimum atomic E-state index is 0.731. The maximum absolute atomic E-state index is 4.97. The molecular weight excluding hydrogens is 378 g/mol. The lowest BCUT2D eigenvalue weighted by molar-refractivity contribution is 1.49. The third-order valence-corrected chi connectivity index (χ3v) is 5.68. The van der Waals surface area contributed by atoms with Gasteiger partial charge in [-0.1, -0.05) is 97.1 Å². The first kappa shape index (κ1) is 17.6. The molecule has 0 aliphatic carbocycles. The highest BCUT2D eigenvalue weighted by molar-refractivity contribution is 6.27. The standard InChI is InChI=1S/C28H19N3/c1-3-13-21-19(9-1)11-7-17-25(21)29-27-23-15-5-6-16-24(23)28(31-27)30-26-18-8-12-20-10-2-4-14-22(20)26/h1-18H,(H,29,30,31). The topological polar surface area (TPSA) is 36.8 Å². The number of fused-ring (bicyclic) bond motifs is 3. The summed E-state index contributed by atoms with van der Waals surface area (Å²) < 4.78 is 0. The molecule has 0 fully saturated rings. The average Bonchev–Trinajstić information content (AvgIpc) is 3.17. The Hall–Kier alpha value is -4.24. The van der Waals surface area contributed by atoms with Crippen LogP contribution < -0.4 is 5.32 Å². The Morgan fingerprint density at radius 3 is 2.00 bits per heavy atom. The fourth-order valence-electron chi connectivity index (χ4n) is 4.17. The van der Waals surface area contributed by atoms with Crippen molar-refractivity contribution in [2.45, 2.75) is 0 Å². The molecule has 1 aliphatic heterocycles. The second-order valence-electron chi connectivity index (χ2n) is 7.59. The van der Waals surface area contributed by atoms with Crippen LogP contribution in [-0.4, -0.2) is 11.7 Å². The normalized spacial score (nSPS) is 14.1. The van der Waals surface area contributed by atoms with Gasteiger partial charge in [0, 0.05) is 27.6 Å². The van der Waals surface area contributed by atoms with E-state index in [1.54, 1.807) is 0 Å². The van der Waals surface area contributed by atoms with E-state index in [1.165, 1.54) is 16.2 Å². The number of hydrogen-bond donors (Lipinski definition) is 1. The smallest absolute Gasteiger partial charge is 0.162 e. The van der Waals surface area contributed by atoms with Gasteiger partial charge >= 0.3 is 0 Å². The van der Waals surface area contributed by atoms with E-state index in [-0.39, 0.29) is 0 Å². The predicted molar refractivity (Wildman–Crippen MR) is 131 cm³/mol. The van der Waals surface area contributed by atoms with E-state index < -0.39 is 0 Å². The van der Waals surface area contributed by atoms with Crippen molar-refractivity contribution in [2.75, 3.05) is 5.32 Å². The van der Waals surface area contributed by atoms with Gasteiger partial charge in [0.25, 0.3) is 0 Å². The minimum absolute atomic E-state index is 0.731. The van der Waals surface area contributed by atoms with Crippen molar-refractivity contribution in [3.63, 3.8) is 0 Å². The van der Waals surface area contributed by atoms with Crippen LogP contribution in [0.1, 0.15) is 11.1 Å². The fraction of sp³-hybridized carbons (Fsp3) is 0. The molecule has 31 heavy (non-hydrogen) atoms. The SMILES string of the molecule is c1ccc2c(c1)C(=Nc1cccc3ccccc13)N=C2Nc1cccc2ccccc12. The summed E-state index contributed by atoms with van der Waals surface area (Å²) in [6.07, 6.45) is 0. The van der Waals surface area contributed by atoms with Crippen LogP contribution in [0, 0.1) is 0 Å². The number of nitrogens with zero attached hydrogens (tertiary/aromatic N) is 2. The van der Waals surface area contributed by atoms with Gasteiger partial charge in [0.15, 0.2) is 5.84 Å². The molecular formula is C28H19N3. The number of anilines is 1. The molecule has 5 aromatic rings. The Kier molecular flexibility index (Phi) is 4.10. The number of hydrogen-bond acceptors (Lipinski definition) is 2. The minimum Gasteiger partial charge on any atom is -0.339 e. The maximum Gasteiger partial charge on any atom is 0.162 e. The van der Waals surface area contributed by atoms with E-state index in [2.05, 4.69) is 84.2 Å². The average molecular weight is 397 g/mol. The molecule has 1 aliphatic rings. The summed E-state index contributed by atoms with van der Waals surface area (Å²) >= 11 is 0. The van der Waals surface area contributed by atoms with E-state index in [0.29, 0.717) is 0 Å². The van der Waals surface area contributed by atoms with E-state index in [0.717, 1.165) is 39.6 Å². The third kappa shape index (κ3) is 3.08. The van der Waals surface area contributed by atoms with Crippen molar-refractivity contribution in [1.82, 2.24) is 0 Å². The molecule has 1 heterocycles. The third-order valence-electron chi connectivity index (χ3n) is 5.68. The van der Waals surface area contributed by atoms with Gasteiger partial charge in [-0.05, 0) is 22.9 Å². The Morgan fingerprint density at radius 1 is 0.548 bits per heavy atom. The van der Waals surface area contributed by atoms with Gasteiger partial charge in [0.2, 0.25) is 0 Å². The van der Waals surface area contributed by atoms with Crippen molar-refractivity contribution in [3.05, 3.63) is 120 Å². The van der Waals surface area contributed by atoms with Crippen molar-refractivity contribution in [1.29, 1.82) is 0 Å². The molecule has 0 aromatic heterocycles. The summed E-state index contributed by atoms with van der Waals surface area (Å²) in [5.41, 5.74) is 4.07. The molecule has 0 unspecified atom stereocenters. The highest BCUT2D eigenvalue weighted by atomic mass is 15.1. The number of nitrogens with one attached hydrogen (secondary N) is 1. The molecule has 1 N–H and O–H groups in total. The molecule has 0 spiro atoms. The molecule has 3 nitrogen and oxygen atoms in total.